The average molecular weight is 216 g/mol. The molecule has 1 aromatic carbocycles. The predicted molar refractivity (Wildman–Crippen MR) is 62.7 cm³/mol. The van der Waals surface area contributed by atoms with Crippen molar-refractivity contribution in [1.29, 1.82) is 5.26 Å². The molecule has 0 saturated heterocycles. The molecule has 0 aliphatic carbocycles. The van der Waals surface area contributed by atoms with Crippen LogP contribution in [0.15, 0.2) is 24.3 Å². The standard InChI is InChI=1S/C13H16N2O/c1-3-12(9-14)15-13(16)8-11-6-4-5-10(2)7-11/h4-7,12H,3,8H2,1-2H3,(H,15,16). The lowest BCUT2D eigenvalue weighted by Crippen LogP contribution is -2.34. The van der Waals surface area contributed by atoms with E-state index in [-0.39, 0.29) is 11.9 Å². The summed E-state index contributed by atoms with van der Waals surface area (Å²) in [7, 11) is 0. The van der Waals surface area contributed by atoms with Crippen LogP contribution in [-0.4, -0.2) is 11.9 Å². The van der Waals surface area contributed by atoms with Gasteiger partial charge in [0.05, 0.1) is 12.5 Å². The number of hydrogen-bond acceptors (Lipinski definition) is 2. The highest BCUT2D eigenvalue weighted by Gasteiger charge is 2.09. The molecule has 0 aliphatic rings. The van der Waals surface area contributed by atoms with Crippen LogP contribution in [0.3, 0.4) is 0 Å². The van der Waals surface area contributed by atoms with E-state index in [9.17, 15) is 4.79 Å². The van der Waals surface area contributed by atoms with E-state index in [2.05, 4.69) is 5.32 Å². The van der Waals surface area contributed by atoms with E-state index in [1.54, 1.807) is 0 Å². The fourth-order valence-corrected chi connectivity index (χ4v) is 1.48. The topological polar surface area (TPSA) is 52.9 Å². The molecule has 1 rings (SSSR count). The highest BCUT2D eigenvalue weighted by molar-refractivity contribution is 5.79. The zero-order chi connectivity index (χ0) is 12.0. The van der Waals surface area contributed by atoms with Crippen LogP contribution in [-0.2, 0) is 11.2 Å². The maximum atomic E-state index is 11.6. The Morgan fingerprint density at radius 1 is 1.56 bits per heavy atom. The van der Waals surface area contributed by atoms with Crippen LogP contribution in [0.5, 0.6) is 0 Å². The van der Waals surface area contributed by atoms with Crippen molar-refractivity contribution in [1.82, 2.24) is 5.32 Å². The molecule has 1 unspecified atom stereocenters. The Morgan fingerprint density at radius 3 is 2.88 bits per heavy atom. The summed E-state index contributed by atoms with van der Waals surface area (Å²) < 4.78 is 0. The minimum atomic E-state index is -0.377. The molecule has 0 heterocycles. The molecule has 0 fully saturated rings. The van der Waals surface area contributed by atoms with Gasteiger partial charge in [-0.05, 0) is 18.9 Å². The molecule has 0 saturated carbocycles. The number of rotatable bonds is 4. The van der Waals surface area contributed by atoms with E-state index < -0.39 is 0 Å². The predicted octanol–water partition coefficient (Wildman–Crippen LogP) is 1.96. The number of carbonyl (C=O) groups is 1. The van der Waals surface area contributed by atoms with E-state index in [1.807, 2.05) is 44.2 Å². The Morgan fingerprint density at radius 2 is 2.31 bits per heavy atom. The highest BCUT2D eigenvalue weighted by Crippen LogP contribution is 2.04. The number of nitrogens with zero attached hydrogens (tertiary/aromatic N) is 1. The summed E-state index contributed by atoms with van der Waals surface area (Å²) >= 11 is 0. The lowest BCUT2D eigenvalue weighted by Gasteiger charge is -2.09. The molecular weight excluding hydrogens is 200 g/mol. The molecule has 0 aromatic heterocycles. The number of hydrogen-bond donors (Lipinski definition) is 1. The Bertz CT molecular complexity index is 407. The summed E-state index contributed by atoms with van der Waals surface area (Å²) in [6, 6.07) is 9.49. The number of nitriles is 1. The van der Waals surface area contributed by atoms with Gasteiger partial charge < -0.3 is 5.32 Å². The van der Waals surface area contributed by atoms with Crippen LogP contribution in [0, 0.1) is 18.3 Å². The van der Waals surface area contributed by atoms with Crippen molar-refractivity contribution < 1.29 is 4.79 Å². The van der Waals surface area contributed by atoms with Crippen LogP contribution >= 0.6 is 0 Å². The molecule has 0 bridgehead atoms. The monoisotopic (exact) mass is 216 g/mol. The molecular formula is C13H16N2O. The van der Waals surface area contributed by atoms with E-state index in [1.165, 1.54) is 0 Å². The van der Waals surface area contributed by atoms with Crippen molar-refractivity contribution in [3.05, 3.63) is 35.4 Å². The molecule has 3 heteroatoms. The summed E-state index contributed by atoms with van der Waals surface area (Å²) in [5.41, 5.74) is 2.11. The zero-order valence-electron chi connectivity index (χ0n) is 9.66. The fourth-order valence-electron chi connectivity index (χ4n) is 1.48. The largest absolute Gasteiger partial charge is 0.340 e. The van der Waals surface area contributed by atoms with Crippen molar-refractivity contribution in [2.45, 2.75) is 32.7 Å². The summed E-state index contributed by atoms with van der Waals surface area (Å²) in [5.74, 6) is -0.0981. The van der Waals surface area contributed by atoms with Crippen molar-refractivity contribution >= 4 is 5.91 Å². The SMILES string of the molecule is CCC(C#N)NC(=O)Cc1cccc(C)c1. The van der Waals surface area contributed by atoms with Gasteiger partial charge in [-0.3, -0.25) is 4.79 Å². The Kier molecular flexibility index (Phi) is 4.53. The van der Waals surface area contributed by atoms with Crippen LogP contribution in [0.2, 0.25) is 0 Å². The van der Waals surface area contributed by atoms with Gasteiger partial charge in [-0.25, -0.2) is 0 Å². The van der Waals surface area contributed by atoms with Crippen molar-refractivity contribution in [2.75, 3.05) is 0 Å². The van der Waals surface area contributed by atoms with Gasteiger partial charge in [0.25, 0.3) is 0 Å². The lowest BCUT2D eigenvalue weighted by molar-refractivity contribution is -0.120. The lowest BCUT2D eigenvalue weighted by atomic mass is 10.1. The first kappa shape index (κ1) is 12.3. The number of nitrogens with one attached hydrogen (secondary N) is 1. The second-order valence-corrected chi connectivity index (χ2v) is 3.82. The first-order chi connectivity index (χ1) is 7.65. The first-order valence-electron chi connectivity index (χ1n) is 5.40. The number of benzene rings is 1. The Hall–Kier alpha value is -1.82. The van der Waals surface area contributed by atoms with E-state index >= 15 is 0 Å². The van der Waals surface area contributed by atoms with Crippen LogP contribution in [0.25, 0.3) is 0 Å². The summed E-state index contributed by atoms with van der Waals surface area (Å²) in [4.78, 5) is 11.6. The fraction of sp³-hybridized carbons (Fsp3) is 0.385. The maximum absolute atomic E-state index is 11.6. The second kappa shape index (κ2) is 5.92. The van der Waals surface area contributed by atoms with Crippen molar-refractivity contribution in [2.24, 2.45) is 0 Å². The van der Waals surface area contributed by atoms with Crippen LogP contribution < -0.4 is 5.32 Å². The Labute approximate surface area is 96.1 Å². The molecule has 0 aliphatic heterocycles. The summed E-state index contributed by atoms with van der Waals surface area (Å²) in [6.45, 7) is 3.87. The van der Waals surface area contributed by atoms with Gasteiger partial charge in [-0.2, -0.15) is 5.26 Å². The van der Waals surface area contributed by atoms with Gasteiger partial charge in [-0.15, -0.1) is 0 Å². The third kappa shape index (κ3) is 3.74. The molecule has 1 N–H and O–H groups in total. The molecule has 84 valence electrons. The highest BCUT2D eigenvalue weighted by atomic mass is 16.1. The Balaban J connectivity index is 2.55. The van der Waals surface area contributed by atoms with Gasteiger partial charge in [-0.1, -0.05) is 36.8 Å². The molecule has 16 heavy (non-hydrogen) atoms. The van der Waals surface area contributed by atoms with Crippen LogP contribution in [0.4, 0.5) is 0 Å². The molecule has 3 nitrogen and oxygen atoms in total. The smallest absolute Gasteiger partial charge is 0.225 e. The minimum Gasteiger partial charge on any atom is -0.340 e. The van der Waals surface area contributed by atoms with Crippen molar-refractivity contribution in [3.63, 3.8) is 0 Å². The number of aryl methyl sites for hydroxylation is 1. The third-order valence-electron chi connectivity index (χ3n) is 2.35. The van der Waals surface area contributed by atoms with E-state index in [4.69, 9.17) is 5.26 Å². The summed E-state index contributed by atoms with van der Waals surface area (Å²) in [6.07, 6.45) is 0.968. The minimum absolute atomic E-state index is 0.0981. The van der Waals surface area contributed by atoms with Gasteiger partial charge >= 0.3 is 0 Å². The van der Waals surface area contributed by atoms with Crippen molar-refractivity contribution in [3.8, 4) is 6.07 Å². The van der Waals surface area contributed by atoms with E-state index in [0.717, 1.165) is 11.1 Å². The van der Waals surface area contributed by atoms with Gasteiger partial charge in [0.1, 0.15) is 6.04 Å². The molecule has 0 radical (unpaired) electrons. The van der Waals surface area contributed by atoms with Gasteiger partial charge in [0, 0.05) is 0 Å². The second-order valence-electron chi connectivity index (χ2n) is 3.82. The summed E-state index contributed by atoms with van der Waals surface area (Å²) in [5, 5.41) is 11.4. The van der Waals surface area contributed by atoms with Gasteiger partial charge in [0.2, 0.25) is 5.91 Å². The third-order valence-corrected chi connectivity index (χ3v) is 2.35. The molecule has 0 spiro atoms. The van der Waals surface area contributed by atoms with Crippen LogP contribution in [0.1, 0.15) is 24.5 Å². The zero-order valence-corrected chi connectivity index (χ0v) is 9.66. The first-order valence-corrected chi connectivity index (χ1v) is 5.40. The average Bonchev–Trinajstić information content (AvgIpc) is 2.26. The molecule has 1 atom stereocenters. The molecule has 1 amide bonds. The van der Waals surface area contributed by atoms with Gasteiger partial charge in [0.15, 0.2) is 0 Å². The quantitative estimate of drug-likeness (QED) is 0.836. The number of amides is 1. The normalized spacial score (nSPS) is 11.6. The molecule has 1 aromatic rings. The van der Waals surface area contributed by atoms with E-state index in [0.29, 0.717) is 12.8 Å². The number of carbonyl (C=O) groups excluding carboxylic acids is 1. The maximum Gasteiger partial charge on any atom is 0.225 e.